The van der Waals surface area contributed by atoms with Crippen LogP contribution in [0.3, 0.4) is 0 Å². The predicted octanol–water partition coefficient (Wildman–Crippen LogP) is 4.39. The maximum atomic E-state index is 13.6. The number of benzene rings is 1. The molecular weight excluding hydrogens is 569 g/mol. The number of piperazine rings is 1. The van der Waals surface area contributed by atoms with Gasteiger partial charge in [-0.1, -0.05) is 6.07 Å². The third kappa shape index (κ3) is 7.69. The molecule has 0 unspecified atom stereocenters. The molecule has 2 saturated heterocycles. The molecule has 17 heteroatoms. The van der Waals surface area contributed by atoms with Gasteiger partial charge in [-0.25, -0.2) is 4.79 Å². The zero-order valence-corrected chi connectivity index (χ0v) is 20.6. The number of hydrogen-bond acceptors (Lipinski definition) is 5. The average Bonchev–Trinajstić information content (AvgIpc) is 2.85. The fourth-order valence-corrected chi connectivity index (χ4v) is 4.46. The zero-order valence-electron chi connectivity index (χ0n) is 20.6. The second-order valence-electron chi connectivity index (χ2n) is 9.39. The molecule has 0 atom stereocenters. The Balaban J connectivity index is 1.66. The van der Waals surface area contributed by atoms with Gasteiger partial charge in [-0.05, 0) is 30.5 Å². The molecule has 2 heterocycles. The van der Waals surface area contributed by atoms with Crippen LogP contribution in [0, 0.1) is 5.92 Å². The fraction of sp³-hybridized carbons (Fsp3) is 0.609. The van der Waals surface area contributed by atoms with Gasteiger partial charge in [-0.15, -0.1) is 0 Å². The summed E-state index contributed by atoms with van der Waals surface area (Å²) < 4.78 is 121. The SMILES string of the molecule is O=C(O)C1CCN(C(=O)c2cc(CN3CCN(C(=O)OC(C(F)(F)F)C(F)(F)F)CC3)ccc2C(F)(F)F)CC1. The lowest BCUT2D eigenvalue weighted by molar-refractivity contribution is -0.308. The van der Waals surface area contributed by atoms with Crippen molar-refractivity contribution in [2.45, 2.75) is 44.0 Å². The number of piperidine rings is 1. The van der Waals surface area contributed by atoms with Gasteiger partial charge in [-0.2, -0.15) is 39.5 Å². The van der Waals surface area contributed by atoms with Crippen LogP contribution in [0.15, 0.2) is 18.2 Å². The van der Waals surface area contributed by atoms with E-state index in [1.165, 1.54) is 0 Å². The molecule has 0 radical (unpaired) electrons. The molecular formula is C23H24F9N3O5. The third-order valence-electron chi connectivity index (χ3n) is 6.60. The van der Waals surface area contributed by atoms with E-state index in [9.17, 15) is 53.9 Å². The summed E-state index contributed by atoms with van der Waals surface area (Å²) in [5.41, 5.74) is -1.55. The van der Waals surface area contributed by atoms with Crippen molar-refractivity contribution in [3.05, 3.63) is 34.9 Å². The smallest absolute Gasteiger partial charge is 0.434 e. The highest BCUT2D eigenvalue weighted by molar-refractivity contribution is 5.96. The van der Waals surface area contributed by atoms with Crippen LogP contribution in [0.4, 0.5) is 44.3 Å². The van der Waals surface area contributed by atoms with Gasteiger partial charge in [-0.3, -0.25) is 14.5 Å². The first-order valence-corrected chi connectivity index (χ1v) is 11.9. The Labute approximate surface area is 221 Å². The molecule has 1 N–H and O–H groups in total. The first kappa shape index (κ1) is 31.3. The third-order valence-corrected chi connectivity index (χ3v) is 6.60. The Bertz CT molecular complexity index is 1080. The number of likely N-dealkylation sites (tertiary alicyclic amines) is 1. The number of amides is 2. The van der Waals surface area contributed by atoms with Crippen molar-refractivity contribution in [2.24, 2.45) is 5.92 Å². The fourth-order valence-electron chi connectivity index (χ4n) is 4.46. The van der Waals surface area contributed by atoms with E-state index in [1.807, 2.05) is 0 Å². The highest BCUT2D eigenvalue weighted by Crippen LogP contribution is 2.36. The molecule has 0 bridgehead atoms. The van der Waals surface area contributed by atoms with Crippen LogP contribution in [0.1, 0.15) is 34.3 Å². The molecule has 1 aromatic rings. The molecule has 2 amide bonds. The number of rotatable bonds is 5. The van der Waals surface area contributed by atoms with Gasteiger partial charge in [0.2, 0.25) is 0 Å². The van der Waals surface area contributed by atoms with Crippen molar-refractivity contribution in [2.75, 3.05) is 39.3 Å². The summed E-state index contributed by atoms with van der Waals surface area (Å²) in [7, 11) is 0. The Kier molecular flexibility index (Phi) is 9.16. The molecule has 0 aliphatic carbocycles. The Morgan fingerprint density at radius 2 is 1.40 bits per heavy atom. The van der Waals surface area contributed by atoms with Gasteiger partial charge in [0.1, 0.15) is 0 Å². The molecule has 0 aromatic heterocycles. The van der Waals surface area contributed by atoms with E-state index in [2.05, 4.69) is 4.74 Å². The van der Waals surface area contributed by atoms with Crippen molar-refractivity contribution in [3.8, 4) is 0 Å². The molecule has 1 aromatic carbocycles. The maximum absolute atomic E-state index is 13.6. The van der Waals surface area contributed by atoms with Crippen molar-refractivity contribution in [1.82, 2.24) is 14.7 Å². The molecule has 40 heavy (non-hydrogen) atoms. The second kappa shape index (κ2) is 11.7. The average molecular weight is 593 g/mol. The topological polar surface area (TPSA) is 90.4 Å². The van der Waals surface area contributed by atoms with Gasteiger partial charge in [0.15, 0.2) is 0 Å². The van der Waals surface area contributed by atoms with E-state index in [4.69, 9.17) is 5.11 Å². The first-order valence-electron chi connectivity index (χ1n) is 11.9. The minimum Gasteiger partial charge on any atom is -0.481 e. The Hall–Kier alpha value is -3.24. The van der Waals surface area contributed by atoms with E-state index in [0.717, 1.165) is 23.1 Å². The summed E-state index contributed by atoms with van der Waals surface area (Å²) in [4.78, 5) is 39.4. The van der Waals surface area contributed by atoms with Gasteiger partial charge in [0, 0.05) is 45.8 Å². The summed E-state index contributed by atoms with van der Waals surface area (Å²) in [6.45, 7) is -0.845. The normalized spacial score (nSPS) is 18.2. The van der Waals surface area contributed by atoms with Crippen LogP contribution < -0.4 is 0 Å². The molecule has 2 aliphatic rings. The lowest BCUT2D eigenvalue weighted by Gasteiger charge is -2.35. The monoisotopic (exact) mass is 593 g/mol. The highest BCUT2D eigenvalue weighted by Gasteiger charge is 2.60. The van der Waals surface area contributed by atoms with Gasteiger partial charge >= 0.3 is 30.6 Å². The first-order chi connectivity index (χ1) is 18.4. The maximum Gasteiger partial charge on any atom is 0.434 e. The minimum absolute atomic E-state index is 0.0316. The molecule has 2 fully saturated rings. The number of carboxylic acid groups (broad SMARTS) is 1. The van der Waals surface area contributed by atoms with E-state index in [0.29, 0.717) is 4.90 Å². The number of ether oxygens (including phenoxy) is 1. The van der Waals surface area contributed by atoms with Crippen LogP contribution in [0.5, 0.6) is 0 Å². The molecule has 3 rings (SSSR count). The molecule has 0 spiro atoms. The zero-order chi connectivity index (χ0) is 30.0. The molecule has 0 saturated carbocycles. The Morgan fingerprint density at radius 1 is 0.850 bits per heavy atom. The second-order valence-corrected chi connectivity index (χ2v) is 9.39. The number of halogens is 9. The van der Waals surface area contributed by atoms with Crippen LogP contribution >= 0.6 is 0 Å². The van der Waals surface area contributed by atoms with E-state index < -0.39 is 59.6 Å². The summed E-state index contributed by atoms with van der Waals surface area (Å²) >= 11 is 0. The lowest BCUT2D eigenvalue weighted by atomic mass is 9.95. The number of carbonyl (C=O) groups is 3. The summed E-state index contributed by atoms with van der Waals surface area (Å²) in [6, 6.07) is 2.91. The van der Waals surface area contributed by atoms with Crippen molar-refractivity contribution >= 4 is 18.0 Å². The van der Waals surface area contributed by atoms with Crippen molar-refractivity contribution in [1.29, 1.82) is 0 Å². The number of nitrogens with zero attached hydrogens (tertiary/aromatic N) is 3. The van der Waals surface area contributed by atoms with Crippen LogP contribution in [-0.4, -0.2) is 95.5 Å². The lowest BCUT2D eigenvalue weighted by Crippen LogP contribution is -2.52. The van der Waals surface area contributed by atoms with Crippen LogP contribution in [0.2, 0.25) is 0 Å². The van der Waals surface area contributed by atoms with Crippen LogP contribution in [0.25, 0.3) is 0 Å². The molecule has 2 aliphatic heterocycles. The molecule has 8 nitrogen and oxygen atoms in total. The van der Waals surface area contributed by atoms with E-state index in [1.54, 1.807) is 4.90 Å². The van der Waals surface area contributed by atoms with E-state index in [-0.39, 0.29) is 64.2 Å². The Morgan fingerprint density at radius 3 is 1.88 bits per heavy atom. The highest BCUT2D eigenvalue weighted by atomic mass is 19.4. The van der Waals surface area contributed by atoms with Crippen LogP contribution in [-0.2, 0) is 22.3 Å². The van der Waals surface area contributed by atoms with E-state index >= 15 is 0 Å². The number of alkyl halides is 9. The molecule has 224 valence electrons. The van der Waals surface area contributed by atoms with Crippen molar-refractivity contribution in [3.63, 3.8) is 0 Å². The predicted molar refractivity (Wildman–Crippen MR) is 117 cm³/mol. The largest absolute Gasteiger partial charge is 0.481 e. The van der Waals surface area contributed by atoms with Gasteiger partial charge in [0.05, 0.1) is 17.0 Å². The summed E-state index contributed by atoms with van der Waals surface area (Å²) in [6.07, 6.45) is -22.5. The van der Waals surface area contributed by atoms with Crippen molar-refractivity contribution < 1.29 is 63.7 Å². The standard InChI is InChI=1S/C23H24F9N3O5/c24-21(25,26)16-2-1-13(11-15(16)17(36)34-5-3-14(4-6-34)18(37)38)12-33-7-9-35(10-8-33)20(39)40-19(22(27,28)29)23(30,31)32/h1-2,11,14,19H,3-10,12H2,(H,37,38). The minimum atomic E-state index is -5.86. The van der Waals surface area contributed by atoms with Gasteiger partial charge in [0.25, 0.3) is 12.0 Å². The van der Waals surface area contributed by atoms with Gasteiger partial charge < -0.3 is 19.6 Å². The summed E-state index contributed by atoms with van der Waals surface area (Å²) in [5.74, 6) is -2.69. The number of carbonyl (C=O) groups excluding carboxylic acids is 2. The quantitative estimate of drug-likeness (QED) is 0.510. The summed E-state index contributed by atoms with van der Waals surface area (Å²) in [5, 5.41) is 9.10. The number of aliphatic carboxylic acids is 1. The number of carboxylic acids is 1. The number of hydrogen-bond donors (Lipinski definition) is 1.